The summed E-state index contributed by atoms with van der Waals surface area (Å²) in [7, 11) is 1.22. The number of benzene rings is 2. The van der Waals surface area contributed by atoms with Gasteiger partial charge in [-0.3, -0.25) is 14.4 Å². The van der Waals surface area contributed by atoms with Gasteiger partial charge < -0.3 is 25.0 Å². The van der Waals surface area contributed by atoms with Crippen LogP contribution in [-0.2, 0) is 30.3 Å². The van der Waals surface area contributed by atoms with Gasteiger partial charge >= 0.3 is 12.1 Å². The maximum Gasteiger partial charge on any atom is 0.408 e. The first-order valence-corrected chi connectivity index (χ1v) is 13.7. The van der Waals surface area contributed by atoms with Gasteiger partial charge in [0.15, 0.2) is 0 Å². The second-order valence-corrected chi connectivity index (χ2v) is 10.6. The number of carbonyl (C=O) groups is 4. The first kappa shape index (κ1) is 32.9. The van der Waals surface area contributed by atoms with Gasteiger partial charge in [0.25, 0.3) is 0 Å². The largest absolute Gasteiger partial charge is 0.468 e. The molecule has 0 aliphatic carbocycles. The van der Waals surface area contributed by atoms with Gasteiger partial charge in [-0.05, 0) is 50.5 Å². The molecule has 0 saturated heterocycles. The van der Waals surface area contributed by atoms with Gasteiger partial charge in [0.05, 0.1) is 7.11 Å². The van der Waals surface area contributed by atoms with Crippen molar-refractivity contribution >= 4 is 23.9 Å². The Morgan fingerprint density at radius 3 is 2.22 bits per heavy atom. The molecule has 0 bridgehead atoms. The maximum absolute atomic E-state index is 14.3. The minimum absolute atomic E-state index is 0.176. The van der Waals surface area contributed by atoms with E-state index in [9.17, 15) is 19.2 Å². The standard InChI is InChI=1S/C32H41N3O6/c1-7-9-13-20-35(28(29(37)33-22-27(36)40-6)25-18-16-23(8-2)17-19-25)30(38)26(21-24-14-11-10-12-15-24)34-31(39)41-32(3,4)5/h2,10-12,14-19,26,28H,7,9,13,20-22H2,1,3-6H3,(H,33,37)(H,34,39). The topological polar surface area (TPSA) is 114 Å². The predicted octanol–water partition coefficient (Wildman–Crippen LogP) is 4.15. The summed E-state index contributed by atoms with van der Waals surface area (Å²) in [6, 6.07) is 13.9. The van der Waals surface area contributed by atoms with Crippen LogP contribution in [0.1, 0.15) is 69.7 Å². The minimum Gasteiger partial charge on any atom is -0.468 e. The van der Waals surface area contributed by atoms with Crippen LogP contribution in [0.4, 0.5) is 4.79 Å². The van der Waals surface area contributed by atoms with Crippen LogP contribution in [-0.4, -0.2) is 60.6 Å². The summed E-state index contributed by atoms with van der Waals surface area (Å²) in [5, 5.41) is 5.32. The number of esters is 1. The van der Waals surface area contributed by atoms with Crippen molar-refractivity contribution in [3.05, 3.63) is 71.3 Å². The van der Waals surface area contributed by atoms with E-state index in [1.165, 1.54) is 12.0 Å². The molecule has 2 atom stereocenters. The van der Waals surface area contributed by atoms with Gasteiger partial charge in [-0.2, -0.15) is 0 Å². The Labute approximate surface area is 243 Å². The summed E-state index contributed by atoms with van der Waals surface area (Å²) < 4.78 is 10.1. The van der Waals surface area contributed by atoms with Crippen LogP contribution < -0.4 is 10.6 Å². The molecule has 2 aromatic carbocycles. The number of amides is 3. The zero-order valence-electron chi connectivity index (χ0n) is 24.6. The van der Waals surface area contributed by atoms with Crippen LogP contribution in [0.25, 0.3) is 0 Å². The van der Waals surface area contributed by atoms with Crippen molar-refractivity contribution in [1.82, 2.24) is 15.5 Å². The van der Waals surface area contributed by atoms with Crippen molar-refractivity contribution in [2.45, 2.75) is 71.1 Å². The summed E-state index contributed by atoms with van der Waals surface area (Å²) in [5.41, 5.74) is 1.16. The molecule has 2 aromatic rings. The lowest BCUT2D eigenvalue weighted by Crippen LogP contribution is -2.54. The highest BCUT2D eigenvalue weighted by molar-refractivity contribution is 5.93. The molecule has 0 aliphatic rings. The molecular weight excluding hydrogens is 522 g/mol. The van der Waals surface area contributed by atoms with Crippen LogP contribution in [0.2, 0.25) is 0 Å². The molecule has 0 fully saturated rings. The van der Waals surface area contributed by atoms with Crippen molar-refractivity contribution in [3.8, 4) is 12.3 Å². The Bertz CT molecular complexity index is 1200. The number of rotatable bonds is 13. The highest BCUT2D eigenvalue weighted by Gasteiger charge is 2.36. The van der Waals surface area contributed by atoms with E-state index < -0.39 is 41.6 Å². The molecule has 9 heteroatoms. The van der Waals surface area contributed by atoms with E-state index >= 15 is 0 Å². The number of alkyl carbamates (subject to hydrolysis) is 1. The average molecular weight is 564 g/mol. The molecule has 2 N–H and O–H groups in total. The predicted molar refractivity (Wildman–Crippen MR) is 157 cm³/mol. The summed E-state index contributed by atoms with van der Waals surface area (Å²) in [5.74, 6) is 0.890. The summed E-state index contributed by atoms with van der Waals surface area (Å²) >= 11 is 0. The van der Waals surface area contributed by atoms with E-state index in [4.69, 9.17) is 11.2 Å². The van der Waals surface area contributed by atoms with Crippen LogP contribution in [0.5, 0.6) is 0 Å². The third-order valence-electron chi connectivity index (χ3n) is 6.15. The molecule has 3 amide bonds. The Kier molecular flexibility index (Phi) is 12.9. The second-order valence-electron chi connectivity index (χ2n) is 10.6. The summed E-state index contributed by atoms with van der Waals surface area (Å²) in [4.78, 5) is 54.1. The van der Waals surface area contributed by atoms with E-state index in [-0.39, 0.29) is 19.5 Å². The quantitative estimate of drug-likeness (QED) is 0.215. The van der Waals surface area contributed by atoms with Crippen LogP contribution >= 0.6 is 0 Å². The number of terminal acetylenes is 1. The highest BCUT2D eigenvalue weighted by atomic mass is 16.6. The number of carbonyl (C=O) groups excluding carboxylic acids is 4. The fourth-order valence-electron chi connectivity index (χ4n) is 4.16. The summed E-state index contributed by atoms with van der Waals surface area (Å²) in [6.07, 6.45) is 7.29. The van der Waals surface area contributed by atoms with Crippen LogP contribution in [0.3, 0.4) is 0 Å². The van der Waals surface area contributed by atoms with Gasteiger partial charge in [0.2, 0.25) is 11.8 Å². The van der Waals surface area contributed by atoms with E-state index in [0.717, 1.165) is 18.4 Å². The van der Waals surface area contributed by atoms with Crippen molar-refractivity contribution in [3.63, 3.8) is 0 Å². The Balaban J connectivity index is 2.55. The molecule has 9 nitrogen and oxygen atoms in total. The first-order valence-electron chi connectivity index (χ1n) is 13.7. The lowest BCUT2D eigenvalue weighted by atomic mass is 9.99. The number of hydrogen-bond acceptors (Lipinski definition) is 6. The molecule has 0 spiro atoms. The van der Waals surface area contributed by atoms with Crippen molar-refractivity contribution in [2.75, 3.05) is 20.2 Å². The summed E-state index contributed by atoms with van der Waals surface area (Å²) in [6.45, 7) is 7.11. The van der Waals surface area contributed by atoms with Crippen molar-refractivity contribution in [2.24, 2.45) is 0 Å². The van der Waals surface area contributed by atoms with Crippen LogP contribution in [0.15, 0.2) is 54.6 Å². The van der Waals surface area contributed by atoms with E-state index in [0.29, 0.717) is 17.5 Å². The zero-order chi connectivity index (χ0) is 30.4. The molecule has 0 radical (unpaired) electrons. The van der Waals surface area contributed by atoms with E-state index in [1.807, 2.05) is 37.3 Å². The smallest absolute Gasteiger partial charge is 0.408 e. The van der Waals surface area contributed by atoms with Gasteiger partial charge in [-0.25, -0.2) is 4.79 Å². The Hall–Kier alpha value is -4.32. The number of nitrogens with one attached hydrogen (secondary N) is 2. The maximum atomic E-state index is 14.3. The molecule has 0 heterocycles. The second kappa shape index (κ2) is 16.1. The lowest BCUT2D eigenvalue weighted by Gasteiger charge is -2.34. The van der Waals surface area contributed by atoms with Crippen molar-refractivity contribution in [1.29, 1.82) is 0 Å². The molecule has 0 aliphatic heterocycles. The monoisotopic (exact) mass is 563 g/mol. The molecule has 2 unspecified atom stereocenters. The molecular formula is C32H41N3O6. The molecule has 0 aromatic heterocycles. The number of ether oxygens (including phenoxy) is 2. The molecule has 220 valence electrons. The van der Waals surface area contributed by atoms with Crippen molar-refractivity contribution < 1.29 is 28.7 Å². The third kappa shape index (κ3) is 11.0. The first-order chi connectivity index (χ1) is 19.5. The van der Waals surface area contributed by atoms with E-state index in [1.54, 1.807) is 45.0 Å². The number of hydrogen-bond donors (Lipinski definition) is 2. The Morgan fingerprint density at radius 2 is 1.66 bits per heavy atom. The van der Waals surface area contributed by atoms with Gasteiger partial charge in [-0.15, -0.1) is 6.42 Å². The minimum atomic E-state index is -1.10. The SMILES string of the molecule is C#Cc1ccc(C(C(=O)NCC(=O)OC)N(CCCCC)C(=O)C(Cc2ccccc2)NC(=O)OC(C)(C)C)cc1. The highest BCUT2D eigenvalue weighted by Crippen LogP contribution is 2.25. The number of unbranched alkanes of at least 4 members (excludes halogenated alkanes) is 2. The Morgan fingerprint density at radius 1 is 1.00 bits per heavy atom. The molecule has 2 rings (SSSR count). The van der Waals surface area contributed by atoms with Gasteiger partial charge in [0, 0.05) is 18.5 Å². The fourth-order valence-corrected chi connectivity index (χ4v) is 4.16. The normalized spacial score (nSPS) is 12.3. The van der Waals surface area contributed by atoms with Gasteiger partial charge in [0.1, 0.15) is 24.2 Å². The number of nitrogens with zero attached hydrogens (tertiary/aromatic N) is 1. The lowest BCUT2D eigenvalue weighted by molar-refractivity contribution is -0.144. The zero-order valence-corrected chi connectivity index (χ0v) is 24.6. The molecule has 0 saturated carbocycles. The molecule has 41 heavy (non-hydrogen) atoms. The van der Waals surface area contributed by atoms with E-state index in [2.05, 4.69) is 21.3 Å². The number of methoxy groups -OCH3 is 1. The van der Waals surface area contributed by atoms with Crippen LogP contribution in [0, 0.1) is 12.3 Å². The average Bonchev–Trinajstić information content (AvgIpc) is 2.94. The fraction of sp³-hybridized carbons (Fsp3) is 0.438. The van der Waals surface area contributed by atoms with Gasteiger partial charge in [-0.1, -0.05) is 68.2 Å². The third-order valence-corrected chi connectivity index (χ3v) is 6.15.